The summed E-state index contributed by atoms with van der Waals surface area (Å²) in [4.78, 5) is 17.6. The highest BCUT2D eigenvalue weighted by molar-refractivity contribution is 5.94. The molecule has 1 aliphatic rings. The molecule has 1 aromatic rings. The first kappa shape index (κ1) is 13.6. The third-order valence-corrected chi connectivity index (χ3v) is 4.04. The molecule has 0 amide bonds. The summed E-state index contributed by atoms with van der Waals surface area (Å²) < 4.78 is 0. The number of hydrogen-bond acceptors (Lipinski definition) is 4. The summed E-state index contributed by atoms with van der Waals surface area (Å²) in [5, 5.41) is 9.13. The van der Waals surface area contributed by atoms with Crippen LogP contribution in [0.4, 0.5) is 11.5 Å². The fraction of sp³-hybridized carbons (Fsp3) is 0.571. The lowest BCUT2D eigenvalue weighted by molar-refractivity contribution is 0.0698. The number of carbonyl (C=O) groups is 1. The Balaban J connectivity index is 2.35. The van der Waals surface area contributed by atoms with Crippen molar-refractivity contribution in [1.82, 2.24) is 4.98 Å². The third kappa shape index (κ3) is 2.64. The Morgan fingerprint density at radius 1 is 1.47 bits per heavy atom. The fourth-order valence-electron chi connectivity index (χ4n) is 2.81. The molecule has 0 bridgehead atoms. The van der Waals surface area contributed by atoms with E-state index in [1.807, 2.05) is 0 Å². The topological polar surface area (TPSA) is 79.5 Å². The molecule has 0 radical (unpaired) electrons. The monoisotopic (exact) mass is 263 g/mol. The van der Waals surface area contributed by atoms with Crippen molar-refractivity contribution in [3.05, 3.63) is 17.8 Å². The quantitative estimate of drug-likeness (QED) is 0.855. The summed E-state index contributed by atoms with van der Waals surface area (Å²) in [5.74, 6) is 0.847. The van der Waals surface area contributed by atoms with Crippen molar-refractivity contribution >= 4 is 17.5 Å². The maximum Gasteiger partial charge on any atom is 0.337 e. The number of nitrogens with two attached hydrogens (primary N) is 1. The van der Waals surface area contributed by atoms with Gasteiger partial charge in [-0.05, 0) is 31.2 Å². The molecule has 1 fully saturated rings. The van der Waals surface area contributed by atoms with Crippen molar-refractivity contribution in [2.75, 3.05) is 17.2 Å². The van der Waals surface area contributed by atoms with E-state index in [4.69, 9.17) is 10.8 Å². The van der Waals surface area contributed by atoms with Gasteiger partial charge in [0.25, 0.3) is 0 Å². The number of piperidine rings is 1. The van der Waals surface area contributed by atoms with Crippen molar-refractivity contribution in [2.24, 2.45) is 11.8 Å². The van der Waals surface area contributed by atoms with E-state index in [1.54, 1.807) is 6.07 Å². The molecule has 0 saturated carbocycles. The van der Waals surface area contributed by atoms with Gasteiger partial charge in [-0.25, -0.2) is 9.78 Å². The summed E-state index contributed by atoms with van der Waals surface area (Å²) in [6, 6.07) is 1.94. The highest BCUT2D eigenvalue weighted by Crippen LogP contribution is 2.31. The minimum absolute atomic E-state index is 0.128. The average Bonchev–Trinajstić information content (AvgIpc) is 2.34. The third-order valence-electron chi connectivity index (χ3n) is 4.04. The van der Waals surface area contributed by atoms with Crippen LogP contribution >= 0.6 is 0 Å². The molecule has 3 unspecified atom stereocenters. The van der Waals surface area contributed by atoms with E-state index >= 15 is 0 Å². The summed E-state index contributed by atoms with van der Waals surface area (Å²) in [6.07, 6.45) is 2.63. The lowest BCUT2D eigenvalue weighted by Gasteiger charge is -2.42. The molecule has 5 nitrogen and oxygen atoms in total. The zero-order chi connectivity index (χ0) is 14.2. The zero-order valence-corrected chi connectivity index (χ0v) is 11.6. The van der Waals surface area contributed by atoms with Crippen LogP contribution in [0.5, 0.6) is 0 Å². The largest absolute Gasteiger partial charge is 0.478 e. The highest BCUT2D eigenvalue weighted by Gasteiger charge is 2.30. The first-order valence-electron chi connectivity index (χ1n) is 6.65. The van der Waals surface area contributed by atoms with Gasteiger partial charge in [-0.15, -0.1) is 0 Å². The first-order chi connectivity index (χ1) is 8.90. The van der Waals surface area contributed by atoms with E-state index in [0.29, 0.717) is 23.7 Å². The normalized spacial score (nSPS) is 27.3. The van der Waals surface area contributed by atoms with Crippen LogP contribution in [-0.2, 0) is 0 Å². The Morgan fingerprint density at radius 3 is 2.79 bits per heavy atom. The Hall–Kier alpha value is -1.78. The van der Waals surface area contributed by atoms with Gasteiger partial charge in [0.2, 0.25) is 0 Å². The second kappa shape index (κ2) is 5.07. The summed E-state index contributed by atoms with van der Waals surface area (Å²) in [5.41, 5.74) is 5.99. The van der Waals surface area contributed by atoms with E-state index in [9.17, 15) is 4.79 Å². The molecule has 0 aliphatic carbocycles. The van der Waals surface area contributed by atoms with Gasteiger partial charge in [0.15, 0.2) is 0 Å². The number of aromatic nitrogens is 1. The summed E-state index contributed by atoms with van der Waals surface area (Å²) >= 11 is 0. The Bertz CT molecular complexity index is 490. The molecule has 5 heteroatoms. The van der Waals surface area contributed by atoms with Crippen molar-refractivity contribution in [3.8, 4) is 0 Å². The van der Waals surface area contributed by atoms with E-state index in [0.717, 1.165) is 6.54 Å². The van der Waals surface area contributed by atoms with Crippen molar-refractivity contribution in [1.29, 1.82) is 0 Å². The van der Waals surface area contributed by atoms with Gasteiger partial charge in [-0.3, -0.25) is 0 Å². The number of carboxylic acids is 1. The van der Waals surface area contributed by atoms with Crippen LogP contribution in [0, 0.1) is 11.8 Å². The van der Waals surface area contributed by atoms with Gasteiger partial charge in [-0.1, -0.05) is 13.8 Å². The van der Waals surface area contributed by atoms with Crippen LogP contribution in [0.3, 0.4) is 0 Å². The molecule has 104 valence electrons. The van der Waals surface area contributed by atoms with E-state index < -0.39 is 5.97 Å². The van der Waals surface area contributed by atoms with Crippen LogP contribution in [0.2, 0.25) is 0 Å². The molecule has 1 saturated heterocycles. The standard InChI is InChI=1S/C14H21N3O2/c1-8-4-9(2)10(3)17(7-8)13-5-11(14(18)19)12(15)6-16-13/h5-6,8-10H,4,7,15H2,1-3H3,(H,18,19). The summed E-state index contributed by atoms with van der Waals surface area (Å²) in [7, 11) is 0. The fourth-order valence-corrected chi connectivity index (χ4v) is 2.81. The molecule has 1 aromatic heterocycles. The first-order valence-corrected chi connectivity index (χ1v) is 6.65. The summed E-state index contributed by atoms with van der Waals surface area (Å²) in [6.45, 7) is 7.50. The molecule has 1 aliphatic heterocycles. The van der Waals surface area contributed by atoms with E-state index in [-0.39, 0.29) is 11.3 Å². The maximum absolute atomic E-state index is 11.1. The lowest BCUT2D eigenvalue weighted by Crippen LogP contribution is -2.46. The number of carboxylic acid groups (broad SMARTS) is 1. The average molecular weight is 263 g/mol. The Kier molecular flexibility index (Phi) is 3.64. The van der Waals surface area contributed by atoms with Gasteiger partial charge in [0, 0.05) is 12.6 Å². The number of hydrogen-bond donors (Lipinski definition) is 2. The molecule has 3 N–H and O–H groups in total. The number of nitrogen functional groups attached to an aromatic ring is 1. The van der Waals surface area contributed by atoms with Crippen LogP contribution in [0.15, 0.2) is 12.3 Å². The number of nitrogens with zero attached hydrogens (tertiary/aromatic N) is 2. The molecule has 19 heavy (non-hydrogen) atoms. The number of aromatic carboxylic acids is 1. The SMILES string of the molecule is CC1CC(C)C(C)N(c2cc(C(=O)O)c(N)cn2)C1. The van der Waals surface area contributed by atoms with Gasteiger partial charge in [0.05, 0.1) is 17.4 Å². The van der Waals surface area contributed by atoms with Crippen molar-refractivity contribution < 1.29 is 9.90 Å². The number of anilines is 2. The van der Waals surface area contributed by atoms with E-state index in [2.05, 4.69) is 30.7 Å². The molecule has 2 heterocycles. The second-order valence-electron chi connectivity index (χ2n) is 5.65. The smallest absolute Gasteiger partial charge is 0.337 e. The number of pyridine rings is 1. The Morgan fingerprint density at radius 2 is 2.16 bits per heavy atom. The Labute approximate surface area is 113 Å². The van der Waals surface area contributed by atoms with Crippen molar-refractivity contribution in [2.45, 2.75) is 33.2 Å². The van der Waals surface area contributed by atoms with Crippen LogP contribution in [-0.4, -0.2) is 28.6 Å². The molecule has 0 aromatic carbocycles. The van der Waals surface area contributed by atoms with Crippen molar-refractivity contribution in [3.63, 3.8) is 0 Å². The zero-order valence-electron chi connectivity index (χ0n) is 11.6. The molecular formula is C14H21N3O2. The minimum atomic E-state index is -1.01. The maximum atomic E-state index is 11.1. The highest BCUT2D eigenvalue weighted by atomic mass is 16.4. The van der Waals surface area contributed by atoms with Crippen LogP contribution in [0.1, 0.15) is 37.6 Å². The lowest BCUT2D eigenvalue weighted by atomic mass is 9.86. The van der Waals surface area contributed by atoms with Gasteiger partial charge in [0.1, 0.15) is 5.82 Å². The predicted molar refractivity (Wildman–Crippen MR) is 75.4 cm³/mol. The molecular weight excluding hydrogens is 242 g/mol. The predicted octanol–water partition coefficient (Wildman–Crippen LogP) is 2.23. The van der Waals surface area contributed by atoms with Crippen LogP contribution in [0.25, 0.3) is 0 Å². The van der Waals surface area contributed by atoms with Gasteiger partial charge < -0.3 is 15.7 Å². The molecule has 2 rings (SSSR count). The van der Waals surface area contributed by atoms with Crippen LogP contribution < -0.4 is 10.6 Å². The second-order valence-corrected chi connectivity index (χ2v) is 5.65. The van der Waals surface area contributed by atoms with E-state index in [1.165, 1.54) is 12.6 Å². The van der Waals surface area contributed by atoms with Gasteiger partial charge >= 0.3 is 5.97 Å². The molecule has 3 atom stereocenters. The van der Waals surface area contributed by atoms with Gasteiger partial charge in [-0.2, -0.15) is 0 Å². The minimum Gasteiger partial charge on any atom is -0.478 e. The number of rotatable bonds is 2. The molecule has 0 spiro atoms.